The summed E-state index contributed by atoms with van der Waals surface area (Å²) in [4.78, 5) is 93.7. The second-order valence-corrected chi connectivity index (χ2v) is 12.0. The van der Waals surface area contributed by atoms with E-state index in [1.54, 1.807) is 36.5 Å². The van der Waals surface area contributed by atoms with Gasteiger partial charge in [0.2, 0.25) is 29.5 Å². The molecule has 0 unspecified atom stereocenters. The van der Waals surface area contributed by atoms with Crippen LogP contribution in [0.1, 0.15) is 57.1 Å². The Morgan fingerprint density at radius 2 is 1.51 bits per heavy atom. The van der Waals surface area contributed by atoms with Gasteiger partial charge in [-0.05, 0) is 30.5 Å². The molecule has 7 N–H and O–H groups in total. The fourth-order valence-corrected chi connectivity index (χ4v) is 5.49. The van der Waals surface area contributed by atoms with Crippen molar-refractivity contribution in [2.45, 2.75) is 83.0 Å². The Balaban J connectivity index is 1.86. The van der Waals surface area contributed by atoms with E-state index in [1.807, 2.05) is 31.2 Å². The van der Waals surface area contributed by atoms with Gasteiger partial charge in [0.1, 0.15) is 30.0 Å². The number of nitrogens with two attached hydrogens (primary N) is 1. The normalized spacial score (nSPS) is 13.4. The number of fused-ring (bicyclic) bond motifs is 1. The van der Waals surface area contributed by atoms with E-state index in [2.05, 4.69) is 20.9 Å². The topological polar surface area (TPSA) is 221 Å². The molecule has 4 atom stereocenters. The summed E-state index contributed by atoms with van der Waals surface area (Å²) < 4.78 is 0. The first-order chi connectivity index (χ1) is 23.3. The maximum atomic E-state index is 14.0. The van der Waals surface area contributed by atoms with Crippen LogP contribution in [0.3, 0.4) is 0 Å². The number of carbonyl (C=O) groups is 7. The number of carbonyl (C=O) groups excluding carboxylic acids is 6. The largest absolute Gasteiger partial charge is 0.481 e. The van der Waals surface area contributed by atoms with E-state index >= 15 is 0 Å². The first-order valence-corrected chi connectivity index (χ1v) is 16.1. The molecule has 3 aromatic rings. The SMILES string of the molecule is CCCC[C@@H](C(=O)N[C@@H](CC(=O)O)C(=O)N[C@@H](Cc1ccccc1)C(N)=O)N(C)C(=O)[C@H](Cc1c[nH]c2ccccc12)NC(=O)CC(C)=O. The number of amides is 5. The van der Waals surface area contributed by atoms with Crippen LogP contribution in [-0.2, 0) is 46.4 Å². The molecule has 1 aromatic heterocycles. The summed E-state index contributed by atoms with van der Waals surface area (Å²) in [6, 6.07) is 11.0. The number of unbranched alkanes of at least 4 members (excludes halogenated alkanes) is 1. The average Bonchev–Trinajstić information content (AvgIpc) is 3.46. The van der Waals surface area contributed by atoms with Gasteiger partial charge in [-0.15, -0.1) is 0 Å². The fourth-order valence-electron chi connectivity index (χ4n) is 5.49. The molecular weight excluding hydrogens is 632 g/mol. The zero-order chi connectivity index (χ0) is 36.1. The van der Waals surface area contributed by atoms with Crippen molar-refractivity contribution in [1.82, 2.24) is 25.8 Å². The van der Waals surface area contributed by atoms with E-state index in [0.717, 1.165) is 21.4 Å². The summed E-state index contributed by atoms with van der Waals surface area (Å²) in [5, 5.41) is 17.9. The molecule has 2 aromatic carbocycles. The van der Waals surface area contributed by atoms with Crippen molar-refractivity contribution in [2.75, 3.05) is 7.05 Å². The summed E-state index contributed by atoms with van der Waals surface area (Å²) in [5.74, 6) is -5.66. The highest BCUT2D eigenvalue weighted by atomic mass is 16.4. The van der Waals surface area contributed by atoms with Crippen molar-refractivity contribution >= 4 is 52.2 Å². The van der Waals surface area contributed by atoms with Gasteiger partial charge in [0.15, 0.2) is 0 Å². The van der Waals surface area contributed by atoms with E-state index in [1.165, 1.54) is 14.0 Å². The highest BCUT2D eigenvalue weighted by Gasteiger charge is 2.35. The highest BCUT2D eigenvalue weighted by Crippen LogP contribution is 2.21. The quantitative estimate of drug-likeness (QED) is 0.102. The fraction of sp³-hybridized carbons (Fsp3) is 0.400. The van der Waals surface area contributed by atoms with Gasteiger partial charge in [0, 0.05) is 37.0 Å². The number of H-pyrrole nitrogens is 1. The van der Waals surface area contributed by atoms with Gasteiger partial charge in [0.25, 0.3) is 0 Å². The lowest BCUT2D eigenvalue weighted by Gasteiger charge is -2.32. The van der Waals surface area contributed by atoms with Crippen molar-refractivity contribution in [1.29, 1.82) is 0 Å². The molecule has 0 saturated heterocycles. The third kappa shape index (κ3) is 11.3. The molecule has 1 heterocycles. The lowest BCUT2D eigenvalue weighted by molar-refractivity contribution is -0.144. The number of rotatable bonds is 19. The molecular formula is C35H44N6O8. The number of para-hydroxylation sites is 1. The maximum absolute atomic E-state index is 14.0. The van der Waals surface area contributed by atoms with Crippen molar-refractivity contribution < 1.29 is 38.7 Å². The van der Waals surface area contributed by atoms with Gasteiger partial charge < -0.3 is 36.7 Å². The van der Waals surface area contributed by atoms with E-state index in [-0.39, 0.29) is 19.3 Å². The van der Waals surface area contributed by atoms with Crippen LogP contribution >= 0.6 is 0 Å². The second kappa shape index (κ2) is 18.1. The molecule has 14 heteroatoms. The molecule has 0 aliphatic carbocycles. The molecule has 3 rings (SSSR count). The number of hydrogen-bond donors (Lipinski definition) is 6. The number of carboxylic acid groups (broad SMARTS) is 1. The minimum atomic E-state index is -1.60. The van der Waals surface area contributed by atoms with E-state index < -0.39 is 78.3 Å². The molecule has 5 amide bonds. The van der Waals surface area contributed by atoms with Crippen LogP contribution in [0.25, 0.3) is 10.9 Å². The van der Waals surface area contributed by atoms with Crippen molar-refractivity contribution in [3.8, 4) is 0 Å². The molecule has 0 aliphatic rings. The Bertz CT molecular complexity index is 1660. The third-order valence-electron chi connectivity index (χ3n) is 8.04. The van der Waals surface area contributed by atoms with E-state index in [4.69, 9.17) is 5.73 Å². The number of carboxylic acids is 1. The molecule has 0 saturated carbocycles. The van der Waals surface area contributed by atoms with Crippen LogP contribution in [0.15, 0.2) is 60.8 Å². The Kier molecular flexibility index (Phi) is 14.0. The van der Waals surface area contributed by atoms with Gasteiger partial charge in [-0.2, -0.15) is 0 Å². The Morgan fingerprint density at radius 1 is 0.857 bits per heavy atom. The predicted octanol–water partition coefficient (Wildman–Crippen LogP) is 1.36. The molecule has 0 aliphatic heterocycles. The smallest absolute Gasteiger partial charge is 0.305 e. The van der Waals surface area contributed by atoms with E-state index in [9.17, 15) is 38.7 Å². The van der Waals surface area contributed by atoms with Gasteiger partial charge in [-0.1, -0.05) is 68.3 Å². The molecule has 262 valence electrons. The number of aromatic nitrogens is 1. The van der Waals surface area contributed by atoms with Gasteiger partial charge in [0.05, 0.1) is 12.8 Å². The summed E-state index contributed by atoms with van der Waals surface area (Å²) in [6.07, 6.45) is 1.86. The number of hydrogen-bond acceptors (Lipinski definition) is 7. The van der Waals surface area contributed by atoms with Gasteiger partial charge in [-0.25, -0.2) is 0 Å². The lowest BCUT2D eigenvalue weighted by atomic mass is 10.0. The first-order valence-electron chi connectivity index (χ1n) is 16.1. The summed E-state index contributed by atoms with van der Waals surface area (Å²) >= 11 is 0. The van der Waals surface area contributed by atoms with Gasteiger partial charge >= 0.3 is 5.97 Å². The summed E-state index contributed by atoms with van der Waals surface area (Å²) in [7, 11) is 1.39. The number of aromatic amines is 1. The van der Waals surface area contributed by atoms with Gasteiger partial charge in [-0.3, -0.25) is 33.6 Å². The minimum absolute atomic E-state index is 0.0406. The number of aliphatic carboxylic acids is 1. The molecule has 0 radical (unpaired) electrons. The Hall–Kier alpha value is -5.53. The monoisotopic (exact) mass is 676 g/mol. The van der Waals surface area contributed by atoms with Crippen LogP contribution in [0.4, 0.5) is 0 Å². The van der Waals surface area contributed by atoms with Crippen LogP contribution in [0, 0.1) is 0 Å². The molecule has 0 bridgehead atoms. The standard InChI is InChI=1S/C35H44N6O8/c1-4-5-15-29(34(48)40-27(19-31(44)45)33(47)39-26(32(36)46)17-22-11-7-6-8-12-22)41(3)35(49)28(38-30(43)16-21(2)42)18-23-20-37-25-14-10-9-13-24(23)25/h6-14,20,26-29,37H,4-5,15-19H2,1-3H3,(H2,36,46)(H,38,43)(H,39,47)(H,40,48)(H,44,45)/t26-,27-,28-,29-/m0/s1. The number of likely N-dealkylation sites (N-methyl/N-ethyl adjacent to an activating group) is 1. The van der Waals surface area contributed by atoms with Crippen LogP contribution in [0.2, 0.25) is 0 Å². The average molecular weight is 677 g/mol. The highest BCUT2D eigenvalue weighted by molar-refractivity contribution is 6.00. The zero-order valence-electron chi connectivity index (χ0n) is 27.9. The van der Waals surface area contributed by atoms with Crippen molar-refractivity contribution in [2.24, 2.45) is 5.73 Å². The number of nitrogens with one attached hydrogen (secondary N) is 4. The zero-order valence-corrected chi connectivity index (χ0v) is 27.9. The van der Waals surface area contributed by atoms with Crippen LogP contribution in [-0.4, -0.2) is 87.5 Å². The van der Waals surface area contributed by atoms with Crippen LogP contribution < -0.4 is 21.7 Å². The van der Waals surface area contributed by atoms with E-state index in [0.29, 0.717) is 18.4 Å². The molecule has 0 fully saturated rings. The Labute approximate surface area is 284 Å². The number of primary amides is 1. The number of Topliss-reactive ketones (excluding diaryl/α,β-unsaturated/α-hetero) is 1. The summed E-state index contributed by atoms with van der Waals surface area (Å²) in [6.45, 7) is 3.14. The second-order valence-electron chi connectivity index (χ2n) is 12.0. The third-order valence-corrected chi connectivity index (χ3v) is 8.04. The predicted molar refractivity (Wildman–Crippen MR) is 181 cm³/mol. The van der Waals surface area contributed by atoms with Crippen molar-refractivity contribution in [3.05, 3.63) is 71.9 Å². The Morgan fingerprint density at radius 3 is 2.14 bits per heavy atom. The number of benzene rings is 2. The lowest BCUT2D eigenvalue weighted by Crippen LogP contribution is -2.59. The van der Waals surface area contributed by atoms with Crippen LogP contribution in [0.5, 0.6) is 0 Å². The summed E-state index contributed by atoms with van der Waals surface area (Å²) in [5.41, 5.74) is 7.76. The maximum Gasteiger partial charge on any atom is 0.305 e. The molecule has 14 nitrogen and oxygen atoms in total. The minimum Gasteiger partial charge on any atom is -0.481 e. The first kappa shape index (κ1) is 37.9. The number of ketones is 1. The molecule has 49 heavy (non-hydrogen) atoms. The van der Waals surface area contributed by atoms with Crippen molar-refractivity contribution in [3.63, 3.8) is 0 Å². The molecule has 0 spiro atoms. The number of nitrogens with zero attached hydrogens (tertiary/aromatic N) is 1.